The van der Waals surface area contributed by atoms with Crippen molar-refractivity contribution in [2.24, 2.45) is 0 Å². The van der Waals surface area contributed by atoms with Gasteiger partial charge >= 0.3 is 0 Å². The normalized spacial score (nSPS) is 10.2. The quantitative estimate of drug-likeness (QED) is 0.784. The number of nitrogens with one attached hydrogen (secondary N) is 2. The van der Waals surface area contributed by atoms with E-state index in [9.17, 15) is 4.79 Å². The molecule has 0 bridgehead atoms. The van der Waals surface area contributed by atoms with Crippen LogP contribution in [0.3, 0.4) is 0 Å². The van der Waals surface area contributed by atoms with Crippen molar-refractivity contribution in [1.82, 2.24) is 20.5 Å². The lowest BCUT2D eigenvalue weighted by molar-refractivity contribution is -0.120. The van der Waals surface area contributed by atoms with Crippen molar-refractivity contribution in [3.63, 3.8) is 0 Å². The molecule has 0 aliphatic heterocycles. The number of H-pyrrole nitrogens is 1. The zero-order chi connectivity index (χ0) is 15.1. The lowest BCUT2D eigenvalue weighted by atomic mass is 10.1. The largest absolute Gasteiger partial charge is 0.497 e. The molecule has 0 radical (unpaired) electrons. The Morgan fingerprint density at radius 3 is 2.86 bits per heavy atom. The number of amides is 1. The second kappa shape index (κ2) is 7.28. The fraction of sp³-hybridized carbons (Fsp3) is 0.357. The first kappa shape index (κ1) is 14.8. The van der Waals surface area contributed by atoms with Crippen molar-refractivity contribution in [3.05, 3.63) is 35.9 Å². The van der Waals surface area contributed by atoms with E-state index in [0.29, 0.717) is 24.5 Å². The third-order valence-corrected chi connectivity index (χ3v) is 2.99. The Hall–Kier alpha value is -2.57. The van der Waals surface area contributed by atoms with Crippen LogP contribution in [-0.2, 0) is 17.6 Å². The van der Waals surface area contributed by atoms with Crippen LogP contribution in [0.1, 0.15) is 11.4 Å². The molecular weight excluding hydrogens is 272 g/mol. The smallest absolute Gasteiger partial charge is 0.224 e. The number of nitrogens with zero attached hydrogens (tertiary/aromatic N) is 2. The summed E-state index contributed by atoms with van der Waals surface area (Å²) in [5.74, 6) is 2.01. The maximum Gasteiger partial charge on any atom is 0.224 e. The molecule has 0 atom stereocenters. The van der Waals surface area contributed by atoms with Crippen molar-refractivity contribution in [2.75, 3.05) is 20.8 Å². The summed E-state index contributed by atoms with van der Waals surface area (Å²) in [7, 11) is 3.16. The van der Waals surface area contributed by atoms with Gasteiger partial charge in [0.15, 0.2) is 0 Å². The number of methoxy groups -OCH3 is 2. The van der Waals surface area contributed by atoms with Gasteiger partial charge < -0.3 is 14.8 Å². The molecule has 0 unspecified atom stereocenters. The van der Waals surface area contributed by atoms with Gasteiger partial charge in [-0.25, -0.2) is 4.98 Å². The van der Waals surface area contributed by atoms with Crippen LogP contribution < -0.4 is 14.8 Å². The van der Waals surface area contributed by atoms with Gasteiger partial charge in [0.05, 0.1) is 20.6 Å². The summed E-state index contributed by atoms with van der Waals surface area (Å²) in [6.07, 6.45) is 2.31. The summed E-state index contributed by atoms with van der Waals surface area (Å²) < 4.78 is 10.4. The van der Waals surface area contributed by atoms with Gasteiger partial charge in [-0.2, -0.15) is 5.10 Å². The number of rotatable bonds is 7. The number of hydrogen-bond acceptors (Lipinski definition) is 5. The van der Waals surface area contributed by atoms with E-state index in [4.69, 9.17) is 9.47 Å². The average molecular weight is 290 g/mol. The van der Waals surface area contributed by atoms with Gasteiger partial charge in [0.2, 0.25) is 5.91 Å². The highest BCUT2D eigenvalue weighted by Gasteiger charge is 2.10. The van der Waals surface area contributed by atoms with Crippen LogP contribution in [0.25, 0.3) is 0 Å². The van der Waals surface area contributed by atoms with Gasteiger partial charge in [-0.3, -0.25) is 9.89 Å². The number of aromatic nitrogens is 3. The van der Waals surface area contributed by atoms with E-state index in [1.165, 1.54) is 6.33 Å². The summed E-state index contributed by atoms with van der Waals surface area (Å²) in [5.41, 5.74) is 0.815. The third kappa shape index (κ3) is 4.20. The van der Waals surface area contributed by atoms with Gasteiger partial charge in [-0.05, 0) is 6.07 Å². The van der Waals surface area contributed by atoms with Crippen LogP contribution in [0.15, 0.2) is 24.5 Å². The Bertz CT molecular complexity index is 584. The highest BCUT2D eigenvalue weighted by atomic mass is 16.5. The van der Waals surface area contributed by atoms with Gasteiger partial charge in [0.1, 0.15) is 23.7 Å². The highest BCUT2D eigenvalue weighted by molar-refractivity contribution is 5.79. The Balaban J connectivity index is 1.87. The standard InChI is InChI=1S/C14H18N4O3/c1-20-11-4-3-10(12(8-11)21-2)7-14(19)15-6-5-13-16-9-17-18-13/h3-4,8-9H,5-7H2,1-2H3,(H,15,19)(H,16,17,18). The van der Waals surface area contributed by atoms with E-state index < -0.39 is 0 Å². The van der Waals surface area contributed by atoms with Crippen LogP contribution in [-0.4, -0.2) is 41.9 Å². The summed E-state index contributed by atoms with van der Waals surface area (Å²) in [6.45, 7) is 0.506. The highest BCUT2D eigenvalue weighted by Crippen LogP contribution is 2.24. The topological polar surface area (TPSA) is 89.1 Å². The molecule has 7 nitrogen and oxygen atoms in total. The van der Waals surface area contributed by atoms with Crippen LogP contribution in [0.5, 0.6) is 11.5 Å². The van der Waals surface area contributed by atoms with E-state index in [1.807, 2.05) is 6.07 Å². The lowest BCUT2D eigenvalue weighted by Gasteiger charge is -2.10. The van der Waals surface area contributed by atoms with Crippen molar-refractivity contribution in [1.29, 1.82) is 0 Å². The lowest BCUT2D eigenvalue weighted by Crippen LogP contribution is -2.27. The number of ether oxygens (including phenoxy) is 2. The number of hydrogen-bond donors (Lipinski definition) is 2. The van der Waals surface area contributed by atoms with E-state index in [2.05, 4.69) is 20.5 Å². The van der Waals surface area contributed by atoms with Gasteiger partial charge in [0.25, 0.3) is 0 Å². The first-order valence-electron chi connectivity index (χ1n) is 6.54. The molecule has 2 rings (SSSR count). The fourth-order valence-electron chi connectivity index (χ4n) is 1.90. The molecule has 0 spiro atoms. The molecule has 1 aromatic heterocycles. The first-order valence-corrected chi connectivity index (χ1v) is 6.54. The second-order valence-corrected chi connectivity index (χ2v) is 4.39. The zero-order valence-electron chi connectivity index (χ0n) is 12.0. The minimum absolute atomic E-state index is 0.0713. The SMILES string of the molecule is COc1ccc(CC(=O)NCCc2ncn[nH]2)c(OC)c1. The van der Waals surface area contributed by atoms with Gasteiger partial charge in [0, 0.05) is 24.6 Å². The summed E-state index contributed by atoms with van der Waals surface area (Å²) in [6, 6.07) is 5.39. The van der Waals surface area contributed by atoms with Crippen molar-refractivity contribution in [3.8, 4) is 11.5 Å². The number of carbonyl (C=O) groups excluding carboxylic acids is 1. The minimum atomic E-state index is -0.0713. The molecule has 21 heavy (non-hydrogen) atoms. The number of benzene rings is 1. The van der Waals surface area contributed by atoms with Crippen LogP contribution in [0, 0.1) is 0 Å². The molecule has 2 N–H and O–H groups in total. The summed E-state index contributed by atoms with van der Waals surface area (Å²) >= 11 is 0. The van der Waals surface area contributed by atoms with Gasteiger partial charge in [-0.1, -0.05) is 6.07 Å². The summed E-state index contributed by atoms with van der Waals surface area (Å²) in [4.78, 5) is 15.9. The molecule has 0 saturated heterocycles. The molecule has 1 amide bonds. The van der Waals surface area contributed by atoms with Crippen molar-refractivity contribution >= 4 is 5.91 Å². The predicted molar refractivity (Wildman–Crippen MR) is 76.3 cm³/mol. The van der Waals surface area contributed by atoms with E-state index in [0.717, 1.165) is 11.4 Å². The molecule has 0 saturated carbocycles. The van der Waals surface area contributed by atoms with Crippen molar-refractivity contribution < 1.29 is 14.3 Å². The van der Waals surface area contributed by atoms with E-state index in [1.54, 1.807) is 26.4 Å². The number of carbonyl (C=O) groups is 1. The summed E-state index contributed by atoms with van der Waals surface area (Å²) in [5, 5.41) is 9.33. The van der Waals surface area contributed by atoms with Crippen LogP contribution in [0.2, 0.25) is 0 Å². The van der Waals surface area contributed by atoms with Crippen LogP contribution in [0.4, 0.5) is 0 Å². The molecule has 1 aromatic carbocycles. The monoisotopic (exact) mass is 290 g/mol. The average Bonchev–Trinajstić information content (AvgIpc) is 3.01. The Kier molecular flexibility index (Phi) is 5.14. The molecule has 0 aliphatic carbocycles. The predicted octanol–water partition coefficient (Wildman–Crippen LogP) is 0.723. The minimum Gasteiger partial charge on any atom is -0.497 e. The van der Waals surface area contributed by atoms with Crippen molar-refractivity contribution in [2.45, 2.75) is 12.8 Å². The molecule has 1 heterocycles. The Morgan fingerprint density at radius 1 is 1.33 bits per heavy atom. The van der Waals surface area contributed by atoms with E-state index in [-0.39, 0.29) is 12.3 Å². The third-order valence-electron chi connectivity index (χ3n) is 2.99. The molecule has 0 fully saturated rings. The maximum absolute atomic E-state index is 11.9. The van der Waals surface area contributed by atoms with E-state index >= 15 is 0 Å². The van der Waals surface area contributed by atoms with Crippen LogP contribution >= 0.6 is 0 Å². The zero-order valence-corrected chi connectivity index (χ0v) is 12.0. The second-order valence-electron chi connectivity index (χ2n) is 4.39. The molecule has 112 valence electrons. The first-order chi connectivity index (χ1) is 10.2. The van der Waals surface area contributed by atoms with Gasteiger partial charge in [-0.15, -0.1) is 0 Å². The molecule has 2 aromatic rings. The number of aromatic amines is 1. The molecule has 0 aliphatic rings. The maximum atomic E-state index is 11.9. The molecular formula is C14H18N4O3. The fourth-order valence-corrected chi connectivity index (χ4v) is 1.90. The molecule has 7 heteroatoms. The Labute approximate surface area is 122 Å². The Morgan fingerprint density at radius 2 is 2.19 bits per heavy atom.